The number of nitrogens with one attached hydrogen (secondary N) is 1. The van der Waals surface area contributed by atoms with E-state index in [-0.39, 0.29) is 6.03 Å². The average Bonchev–Trinajstić information content (AvgIpc) is 2.06. The molecule has 0 aliphatic rings. The SMILES string of the molecule is CN(C)C(=O)Nc1ncccn1. The van der Waals surface area contributed by atoms with E-state index in [0.29, 0.717) is 5.95 Å². The zero-order valence-corrected chi connectivity index (χ0v) is 6.98. The molecule has 1 aromatic heterocycles. The summed E-state index contributed by atoms with van der Waals surface area (Å²) >= 11 is 0. The van der Waals surface area contributed by atoms with Crippen LogP contribution in [0.25, 0.3) is 0 Å². The van der Waals surface area contributed by atoms with Crippen molar-refractivity contribution >= 4 is 12.0 Å². The summed E-state index contributed by atoms with van der Waals surface area (Å²) in [5.74, 6) is 0.316. The molecule has 0 fully saturated rings. The first-order valence-electron chi connectivity index (χ1n) is 3.45. The van der Waals surface area contributed by atoms with E-state index in [1.807, 2.05) is 0 Å². The van der Waals surface area contributed by atoms with Crippen molar-refractivity contribution in [1.29, 1.82) is 0 Å². The first-order chi connectivity index (χ1) is 5.70. The Labute approximate surface area is 70.4 Å². The van der Waals surface area contributed by atoms with Crippen molar-refractivity contribution in [3.63, 3.8) is 0 Å². The van der Waals surface area contributed by atoms with Crippen LogP contribution in [0.3, 0.4) is 0 Å². The molecule has 0 bridgehead atoms. The number of carbonyl (C=O) groups excluding carboxylic acids is 1. The molecule has 12 heavy (non-hydrogen) atoms. The highest BCUT2D eigenvalue weighted by atomic mass is 16.2. The van der Waals surface area contributed by atoms with Crippen LogP contribution in [0.1, 0.15) is 0 Å². The molecular formula is C7H10N4O. The predicted octanol–water partition coefficient (Wildman–Crippen LogP) is 0.570. The molecule has 0 saturated heterocycles. The van der Waals surface area contributed by atoms with Gasteiger partial charge in [0.1, 0.15) is 0 Å². The second-order valence-electron chi connectivity index (χ2n) is 2.40. The third-order valence-corrected chi connectivity index (χ3v) is 1.19. The van der Waals surface area contributed by atoms with Gasteiger partial charge in [-0.25, -0.2) is 14.8 Å². The van der Waals surface area contributed by atoms with E-state index in [1.54, 1.807) is 32.6 Å². The second-order valence-corrected chi connectivity index (χ2v) is 2.40. The van der Waals surface area contributed by atoms with Crippen LogP contribution in [0, 0.1) is 0 Å². The van der Waals surface area contributed by atoms with Crippen LogP contribution >= 0.6 is 0 Å². The van der Waals surface area contributed by atoms with Crippen LogP contribution < -0.4 is 5.32 Å². The molecule has 5 heteroatoms. The molecule has 5 nitrogen and oxygen atoms in total. The van der Waals surface area contributed by atoms with E-state index in [2.05, 4.69) is 15.3 Å². The smallest absolute Gasteiger partial charge is 0.323 e. The standard InChI is InChI=1S/C7H10N4O/c1-11(2)7(12)10-6-8-4-3-5-9-6/h3-5H,1-2H3,(H,8,9,10,12). The molecule has 0 atom stereocenters. The van der Waals surface area contributed by atoms with Gasteiger partial charge in [0.15, 0.2) is 0 Å². The summed E-state index contributed by atoms with van der Waals surface area (Å²) in [7, 11) is 3.30. The van der Waals surface area contributed by atoms with Gasteiger partial charge in [0, 0.05) is 26.5 Å². The molecule has 0 spiro atoms. The monoisotopic (exact) mass is 166 g/mol. The summed E-state index contributed by atoms with van der Waals surface area (Å²) in [4.78, 5) is 20.1. The van der Waals surface area contributed by atoms with E-state index < -0.39 is 0 Å². The topological polar surface area (TPSA) is 58.1 Å². The summed E-state index contributed by atoms with van der Waals surface area (Å²) in [5, 5.41) is 2.51. The fourth-order valence-electron chi connectivity index (χ4n) is 0.571. The lowest BCUT2D eigenvalue weighted by Gasteiger charge is -2.09. The maximum atomic E-state index is 11.0. The van der Waals surface area contributed by atoms with Crippen molar-refractivity contribution in [2.45, 2.75) is 0 Å². The number of carbonyl (C=O) groups is 1. The van der Waals surface area contributed by atoms with Crippen LogP contribution in [0.4, 0.5) is 10.7 Å². The third-order valence-electron chi connectivity index (χ3n) is 1.19. The van der Waals surface area contributed by atoms with Gasteiger partial charge < -0.3 is 4.90 Å². The number of amides is 2. The number of aromatic nitrogens is 2. The number of hydrogen-bond acceptors (Lipinski definition) is 3. The van der Waals surface area contributed by atoms with Crippen molar-refractivity contribution in [2.75, 3.05) is 19.4 Å². The summed E-state index contributed by atoms with van der Waals surface area (Å²) in [5.41, 5.74) is 0. The van der Waals surface area contributed by atoms with Gasteiger partial charge in [-0.05, 0) is 6.07 Å². The highest BCUT2D eigenvalue weighted by Crippen LogP contribution is 1.94. The number of nitrogens with zero attached hydrogens (tertiary/aromatic N) is 3. The fraction of sp³-hybridized carbons (Fsp3) is 0.286. The number of anilines is 1. The minimum absolute atomic E-state index is 0.235. The van der Waals surface area contributed by atoms with E-state index in [4.69, 9.17) is 0 Å². The molecule has 64 valence electrons. The van der Waals surface area contributed by atoms with Crippen molar-refractivity contribution in [1.82, 2.24) is 14.9 Å². The van der Waals surface area contributed by atoms with Crippen molar-refractivity contribution < 1.29 is 4.79 Å². The van der Waals surface area contributed by atoms with Crippen molar-refractivity contribution in [3.05, 3.63) is 18.5 Å². The zero-order valence-electron chi connectivity index (χ0n) is 6.98. The lowest BCUT2D eigenvalue weighted by atomic mass is 10.7. The second kappa shape index (κ2) is 3.66. The van der Waals surface area contributed by atoms with Crippen LogP contribution in [0.5, 0.6) is 0 Å². The zero-order chi connectivity index (χ0) is 8.97. The maximum absolute atomic E-state index is 11.0. The number of rotatable bonds is 1. The molecule has 1 heterocycles. The maximum Gasteiger partial charge on any atom is 0.323 e. The lowest BCUT2D eigenvalue weighted by Crippen LogP contribution is -2.28. The number of hydrogen-bond donors (Lipinski definition) is 1. The highest BCUT2D eigenvalue weighted by molar-refractivity contribution is 5.86. The van der Waals surface area contributed by atoms with Gasteiger partial charge in [-0.3, -0.25) is 5.32 Å². The van der Waals surface area contributed by atoms with E-state index >= 15 is 0 Å². The number of urea groups is 1. The van der Waals surface area contributed by atoms with Gasteiger partial charge in [0.05, 0.1) is 0 Å². The van der Waals surface area contributed by atoms with Crippen molar-refractivity contribution in [2.24, 2.45) is 0 Å². The fourth-order valence-corrected chi connectivity index (χ4v) is 0.571. The molecule has 1 aromatic rings. The molecule has 0 aliphatic heterocycles. The summed E-state index contributed by atoms with van der Waals surface area (Å²) in [6, 6.07) is 1.45. The highest BCUT2D eigenvalue weighted by Gasteiger charge is 2.03. The molecule has 1 N–H and O–H groups in total. The summed E-state index contributed by atoms with van der Waals surface area (Å²) in [6.45, 7) is 0. The Morgan fingerprint density at radius 2 is 2.00 bits per heavy atom. The molecule has 2 amide bonds. The Kier molecular flexibility index (Phi) is 2.57. The normalized spacial score (nSPS) is 9.17. The van der Waals surface area contributed by atoms with Crippen molar-refractivity contribution in [3.8, 4) is 0 Å². The Morgan fingerprint density at radius 1 is 1.42 bits per heavy atom. The predicted molar refractivity (Wildman–Crippen MR) is 44.7 cm³/mol. The Morgan fingerprint density at radius 3 is 2.50 bits per heavy atom. The average molecular weight is 166 g/mol. The Bertz CT molecular complexity index is 259. The quantitative estimate of drug-likeness (QED) is 0.663. The lowest BCUT2D eigenvalue weighted by molar-refractivity contribution is 0.230. The molecule has 0 radical (unpaired) electrons. The third kappa shape index (κ3) is 2.19. The van der Waals surface area contributed by atoms with Crippen LogP contribution in [-0.4, -0.2) is 35.0 Å². The van der Waals surface area contributed by atoms with Gasteiger partial charge in [-0.15, -0.1) is 0 Å². The summed E-state index contributed by atoms with van der Waals surface area (Å²) < 4.78 is 0. The van der Waals surface area contributed by atoms with E-state index in [9.17, 15) is 4.79 Å². The van der Waals surface area contributed by atoms with Crippen LogP contribution in [-0.2, 0) is 0 Å². The van der Waals surface area contributed by atoms with Gasteiger partial charge in [0.25, 0.3) is 0 Å². The molecule has 0 unspecified atom stereocenters. The molecular weight excluding hydrogens is 156 g/mol. The Hall–Kier alpha value is -1.65. The van der Waals surface area contributed by atoms with Crippen LogP contribution in [0.2, 0.25) is 0 Å². The van der Waals surface area contributed by atoms with Gasteiger partial charge >= 0.3 is 6.03 Å². The minimum Gasteiger partial charge on any atom is -0.331 e. The summed E-state index contributed by atoms with van der Waals surface area (Å²) in [6.07, 6.45) is 3.14. The molecule has 1 rings (SSSR count). The van der Waals surface area contributed by atoms with Gasteiger partial charge in [-0.1, -0.05) is 0 Å². The Balaban J connectivity index is 2.59. The molecule has 0 aromatic carbocycles. The van der Waals surface area contributed by atoms with E-state index in [1.165, 1.54) is 4.90 Å². The molecule has 0 aliphatic carbocycles. The van der Waals surface area contributed by atoms with Gasteiger partial charge in [-0.2, -0.15) is 0 Å². The first kappa shape index (κ1) is 8.45. The minimum atomic E-state index is -0.235. The first-order valence-corrected chi connectivity index (χ1v) is 3.45. The van der Waals surface area contributed by atoms with E-state index in [0.717, 1.165) is 0 Å². The van der Waals surface area contributed by atoms with Gasteiger partial charge in [0.2, 0.25) is 5.95 Å². The molecule has 0 saturated carbocycles. The largest absolute Gasteiger partial charge is 0.331 e. The van der Waals surface area contributed by atoms with Crippen LogP contribution in [0.15, 0.2) is 18.5 Å².